The molecule has 180 valence electrons. The molecule has 1 N–H and O–H groups in total. The summed E-state index contributed by atoms with van der Waals surface area (Å²) in [5.74, 6) is 0.581. The normalized spacial score (nSPS) is 11.4. The molecule has 1 nitrogen and oxygen atoms in total. The Labute approximate surface area is 195 Å². The molecule has 0 amide bonds. The Hall–Kier alpha value is -0.980. The third-order valence-corrected chi connectivity index (χ3v) is 6.88. The van der Waals surface area contributed by atoms with Crippen LogP contribution in [0.1, 0.15) is 153 Å². The quantitative estimate of drug-likeness (QED) is 0.204. The van der Waals surface area contributed by atoms with Crippen LogP contribution in [0.15, 0.2) is 6.07 Å². The first-order valence-electron chi connectivity index (χ1n) is 14.0. The molecule has 0 spiro atoms. The van der Waals surface area contributed by atoms with Crippen molar-refractivity contribution in [3.8, 4) is 5.75 Å². The van der Waals surface area contributed by atoms with Crippen molar-refractivity contribution in [3.63, 3.8) is 0 Å². The highest BCUT2D eigenvalue weighted by molar-refractivity contribution is 5.50. The summed E-state index contributed by atoms with van der Waals surface area (Å²) in [6, 6.07) is 2.14. The lowest BCUT2D eigenvalue weighted by Gasteiger charge is -2.21. The number of hydrogen-bond donors (Lipinski definition) is 1. The van der Waals surface area contributed by atoms with Gasteiger partial charge in [0.1, 0.15) is 5.75 Å². The van der Waals surface area contributed by atoms with Gasteiger partial charge in [-0.25, -0.2) is 0 Å². The summed E-state index contributed by atoms with van der Waals surface area (Å²) in [7, 11) is 0. The molecule has 0 saturated carbocycles. The van der Waals surface area contributed by atoms with Crippen LogP contribution in [-0.2, 0) is 25.7 Å². The molecule has 1 aromatic carbocycles. The topological polar surface area (TPSA) is 20.2 Å². The number of phenols is 1. The molecule has 0 aliphatic rings. The van der Waals surface area contributed by atoms with E-state index in [0.29, 0.717) is 5.75 Å². The van der Waals surface area contributed by atoms with Crippen LogP contribution in [0.25, 0.3) is 0 Å². The lowest BCUT2D eigenvalue weighted by atomic mass is 9.85. The van der Waals surface area contributed by atoms with Crippen molar-refractivity contribution < 1.29 is 5.11 Å². The second-order valence-electron chi connectivity index (χ2n) is 9.73. The first-order chi connectivity index (χ1) is 15.2. The predicted octanol–water partition coefficient (Wildman–Crippen LogP) is 9.88. The first kappa shape index (κ1) is 28.1. The van der Waals surface area contributed by atoms with Crippen LogP contribution in [0.4, 0.5) is 0 Å². The van der Waals surface area contributed by atoms with Gasteiger partial charge in [-0.1, -0.05) is 105 Å². The minimum atomic E-state index is 0.581. The van der Waals surface area contributed by atoms with Gasteiger partial charge in [-0.15, -0.1) is 0 Å². The molecule has 31 heavy (non-hydrogen) atoms. The summed E-state index contributed by atoms with van der Waals surface area (Å²) in [4.78, 5) is 0. The lowest BCUT2D eigenvalue weighted by Crippen LogP contribution is -2.07. The van der Waals surface area contributed by atoms with Crippen molar-refractivity contribution in [2.45, 2.75) is 156 Å². The van der Waals surface area contributed by atoms with Crippen LogP contribution in [-0.4, -0.2) is 5.11 Å². The van der Waals surface area contributed by atoms with E-state index in [-0.39, 0.29) is 0 Å². The predicted molar refractivity (Wildman–Crippen MR) is 139 cm³/mol. The van der Waals surface area contributed by atoms with E-state index in [1.54, 1.807) is 5.56 Å². The molecule has 0 heterocycles. The minimum Gasteiger partial charge on any atom is -0.508 e. The molecule has 0 atom stereocenters. The molecule has 1 heteroatoms. The maximum absolute atomic E-state index is 10.9. The van der Waals surface area contributed by atoms with Crippen molar-refractivity contribution in [1.29, 1.82) is 0 Å². The summed E-state index contributed by atoms with van der Waals surface area (Å²) in [5.41, 5.74) is 5.86. The highest BCUT2D eigenvalue weighted by Gasteiger charge is 2.17. The Morgan fingerprint density at radius 3 is 1.42 bits per heavy atom. The van der Waals surface area contributed by atoms with Crippen molar-refractivity contribution in [2.24, 2.45) is 0 Å². The van der Waals surface area contributed by atoms with E-state index < -0.39 is 0 Å². The molecular formula is C30H54O. The van der Waals surface area contributed by atoms with Gasteiger partial charge in [0, 0.05) is 0 Å². The van der Waals surface area contributed by atoms with Crippen LogP contribution in [0.2, 0.25) is 0 Å². The van der Waals surface area contributed by atoms with Gasteiger partial charge < -0.3 is 5.11 Å². The van der Waals surface area contributed by atoms with Gasteiger partial charge in [0.05, 0.1) is 0 Å². The molecule has 0 radical (unpaired) electrons. The molecule has 0 saturated heterocycles. The second kappa shape index (κ2) is 18.6. The number of rotatable bonds is 20. The zero-order valence-corrected chi connectivity index (χ0v) is 21.7. The number of benzene rings is 1. The van der Waals surface area contributed by atoms with E-state index in [1.807, 2.05) is 0 Å². The van der Waals surface area contributed by atoms with Crippen LogP contribution in [0.5, 0.6) is 5.75 Å². The smallest absolute Gasteiger partial charge is 0.119 e. The Morgan fingerprint density at radius 2 is 0.871 bits per heavy atom. The Balaban J connectivity index is 2.74. The zero-order chi connectivity index (χ0) is 22.7. The monoisotopic (exact) mass is 430 g/mol. The molecule has 0 aliphatic heterocycles. The van der Waals surface area contributed by atoms with Gasteiger partial charge in [0.2, 0.25) is 0 Å². The average molecular weight is 431 g/mol. The summed E-state index contributed by atoms with van der Waals surface area (Å²) < 4.78 is 0. The van der Waals surface area contributed by atoms with Crippen LogP contribution < -0.4 is 0 Å². The fourth-order valence-corrected chi connectivity index (χ4v) is 4.85. The molecule has 0 fully saturated rings. The minimum absolute atomic E-state index is 0.581. The van der Waals surface area contributed by atoms with Gasteiger partial charge in [-0.05, 0) is 79.7 Å². The van der Waals surface area contributed by atoms with Crippen molar-refractivity contribution in [2.75, 3.05) is 0 Å². The lowest BCUT2D eigenvalue weighted by molar-refractivity contribution is 0.463. The summed E-state index contributed by atoms with van der Waals surface area (Å²) in [5, 5.41) is 10.9. The summed E-state index contributed by atoms with van der Waals surface area (Å²) in [6.45, 7) is 9.11. The molecule has 0 aromatic heterocycles. The number of aromatic hydroxyl groups is 1. The zero-order valence-electron chi connectivity index (χ0n) is 21.7. The van der Waals surface area contributed by atoms with Gasteiger partial charge in [-0.3, -0.25) is 0 Å². The van der Waals surface area contributed by atoms with E-state index >= 15 is 0 Å². The van der Waals surface area contributed by atoms with Gasteiger partial charge >= 0.3 is 0 Å². The van der Waals surface area contributed by atoms with Crippen molar-refractivity contribution in [1.82, 2.24) is 0 Å². The van der Waals surface area contributed by atoms with Gasteiger partial charge in [0.15, 0.2) is 0 Å². The highest BCUT2D eigenvalue weighted by Crippen LogP contribution is 2.33. The first-order valence-corrected chi connectivity index (χ1v) is 14.0. The highest BCUT2D eigenvalue weighted by atomic mass is 16.3. The van der Waals surface area contributed by atoms with E-state index in [9.17, 15) is 5.11 Å². The SMILES string of the molecule is CCCCCCCCCCCCc1c(CCCC)cc(O)c(CCCC)c1CCCC. The Morgan fingerprint density at radius 1 is 0.452 bits per heavy atom. The third kappa shape index (κ3) is 11.4. The molecule has 1 aromatic rings. The van der Waals surface area contributed by atoms with E-state index in [0.717, 1.165) is 19.3 Å². The van der Waals surface area contributed by atoms with Gasteiger partial charge in [-0.2, -0.15) is 0 Å². The number of phenolic OH excluding ortho intramolecular Hbond substituents is 1. The Bertz CT molecular complexity index is 560. The standard InChI is InChI=1S/C30H54O/c1-5-9-13-14-15-16-17-18-19-20-24-27-26(21-10-6-2)25-30(31)29(23-12-8-4)28(27)22-11-7-3/h25,31H,5-24H2,1-4H3. The Kier molecular flexibility index (Phi) is 16.8. The number of hydrogen-bond acceptors (Lipinski definition) is 1. The maximum atomic E-state index is 10.9. The van der Waals surface area contributed by atoms with E-state index in [1.165, 1.54) is 126 Å². The largest absolute Gasteiger partial charge is 0.508 e. The summed E-state index contributed by atoms with van der Waals surface area (Å²) >= 11 is 0. The van der Waals surface area contributed by atoms with E-state index in [4.69, 9.17) is 0 Å². The van der Waals surface area contributed by atoms with E-state index in [2.05, 4.69) is 33.8 Å². The fourth-order valence-electron chi connectivity index (χ4n) is 4.85. The fraction of sp³-hybridized carbons (Fsp3) is 0.800. The van der Waals surface area contributed by atoms with Gasteiger partial charge in [0.25, 0.3) is 0 Å². The van der Waals surface area contributed by atoms with Crippen LogP contribution >= 0.6 is 0 Å². The van der Waals surface area contributed by atoms with Crippen LogP contribution in [0, 0.1) is 0 Å². The molecular weight excluding hydrogens is 376 g/mol. The number of unbranched alkanes of at least 4 members (excludes halogenated alkanes) is 12. The van der Waals surface area contributed by atoms with Crippen LogP contribution in [0.3, 0.4) is 0 Å². The van der Waals surface area contributed by atoms with Crippen molar-refractivity contribution in [3.05, 3.63) is 28.3 Å². The maximum Gasteiger partial charge on any atom is 0.119 e. The number of aryl methyl sites for hydroxylation is 1. The third-order valence-electron chi connectivity index (χ3n) is 6.88. The van der Waals surface area contributed by atoms with Crippen molar-refractivity contribution >= 4 is 0 Å². The average Bonchev–Trinajstić information content (AvgIpc) is 2.77. The molecule has 0 unspecified atom stereocenters. The molecule has 0 bridgehead atoms. The summed E-state index contributed by atoms with van der Waals surface area (Å²) in [6.07, 6.45) is 25.8. The molecule has 0 aliphatic carbocycles. The molecule has 1 rings (SSSR count). The second-order valence-corrected chi connectivity index (χ2v) is 9.73.